The van der Waals surface area contributed by atoms with Crippen LogP contribution >= 0.6 is 0 Å². The standard InChI is InChI=1S/C19H21NO3/c1-2-7-17(15-9-4-3-5-10-15)19(23)20-16-11-6-8-14(12-16)13-18(21)22/h3-6,8-12,17H,2,7,13H2,1H3,(H,20,23)(H,21,22). The van der Waals surface area contributed by atoms with Crippen LogP contribution in [0.1, 0.15) is 36.8 Å². The third kappa shape index (κ3) is 4.95. The molecule has 0 saturated carbocycles. The molecule has 1 amide bonds. The van der Waals surface area contributed by atoms with Crippen molar-refractivity contribution in [2.75, 3.05) is 5.32 Å². The third-order valence-electron chi connectivity index (χ3n) is 3.65. The van der Waals surface area contributed by atoms with E-state index in [0.29, 0.717) is 11.3 Å². The fourth-order valence-corrected chi connectivity index (χ4v) is 2.59. The quantitative estimate of drug-likeness (QED) is 0.816. The number of amides is 1. The molecule has 120 valence electrons. The molecular weight excluding hydrogens is 290 g/mol. The minimum atomic E-state index is -0.887. The van der Waals surface area contributed by atoms with Gasteiger partial charge in [0.25, 0.3) is 0 Å². The molecule has 0 bridgehead atoms. The zero-order valence-electron chi connectivity index (χ0n) is 13.2. The minimum Gasteiger partial charge on any atom is -0.481 e. The van der Waals surface area contributed by atoms with Gasteiger partial charge in [-0.05, 0) is 29.7 Å². The first-order valence-electron chi connectivity index (χ1n) is 7.76. The van der Waals surface area contributed by atoms with E-state index in [0.717, 1.165) is 18.4 Å². The molecule has 0 aliphatic rings. The van der Waals surface area contributed by atoms with E-state index >= 15 is 0 Å². The van der Waals surface area contributed by atoms with Crippen molar-refractivity contribution in [3.8, 4) is 0 Å². The summed E-state index contributed by atoms with van der Waals surface area (Å²) < 4.78 is 0. The summed E-state index contributed by atoms with van der Waals surface area (Å²) in [5.74, 6) is -1.16. The zero-order valence-corrected chi connectivity index (χ0v) is 13.2. The van der Waals surface area contributed by atoms with E-state index in [9.17, 15) is 9.59 Å². The number of anilines is 1. The van der Waals surface area contributed by atoms with Gasteiger partial charge < -0.3 is 10.4 Å². The molecule has 4 heteroatoms. The average molecular weight is 311 g/mol. The van der Waals surface area contributed by atoms with Crippen LogP contribution in [0.5, 0.6) is 0 Å². The van der Waals surface area contributed by atoms with Crippen LogP contribution in [0.25, 0.3) is 0 Å². The Morgan fingerprint density at radius 3 is 2.48 bits per heavy atom. The molecule has 0 heterocycles. The van der Waals surface area contributed by atoms with E-state index in [4.69, 9.17) is 5.11 Å². The molecule has 2 rings (SSSR count). The Balaban J connectivity index is 2.14. The Morgan fingerprint density at radius 2 is 1.83 bits per heavy atom. The molecule has 2 aromatic carbocycles. The monoisotopic (exact) mass is 311 g/mol. The summed E-state index contributed by atoms with van der Waals surface area (Å²) in [6.07, 6.45) is 1.62. The SMILES string of the molecule is CCCC(C(=O)Nc1cccc(CC(=O)O)c1)c1ccccc1. The molecular formula is C19H21NO3. The van der Waals surface area contributed by atoms with Crippen molar-refractivity contribution in [2.24, 2.45) is 0 Å². The van der Waals surface area contributed by atoms with Crippen LogP contribution in [0.15, 0.2) is 54.6 Å². The highest BCUT2D eigenvalue weighted by Crippen LogP contribution is 2.23. The lowest BCUT2D eigenvalue weighted by Gasteiger charge is -2.17. The van der Waals surface area contributed by atoms with Crippen molar-refractivity contribution in [2.45, 2.75) is 32.1 Å². The van der Waals surface area contributed by atoms with Gasteiger partial charge in [0.15, 0.2) is 0 Å². The maximum atomic E-state index is 12.6. The van der Waals surface area contributed by atoms with Gasteiger partial charge in [0, 0.05) is 5.69 Å². The first-order chi connectivity index (χ1) is 11.1. The molecule has 0 aromatic heterocycles. The first-order valence-corrected chi connectivity index (χ1v) is 7.76. The molecule has 4 nitrogen and oxygen atoms in total. The number of nitrogens with one attached hydrogen (secondary N) is 1. The van der Waals surface area contributed by atoms with Gasteiger partial charge in [-0.2, -0.15) is 0 Å². The van der Waals surface area contributed by atoms with E-state index in [1.54, 1.807) is 24.3 Å². The number of hydrogen-bond donors (Lipinski definition) is 2. The molecule has 23 heavy (non-hydrogen) atoms. The molecule has 0 aliphatic carbocycles. The van der Waals surface area contributed by atoms with Crippen LogP contribution in [0.2, 0.25) is 0 Å². The van der Waals surface area contributed by atoms with Crippen molar-refractivity contribution in [3.05, 3.63) is 65.7 Å². The van der Waals surface area contributed by atoms with Crippen LogP contribution in [0.4, 0.5) is 5.69 Å². The smallest absolute Gasteiger partial charge is 0.307 e. The minimum absolute atomic E-state index is 0.0548. The lowest BCUT2D eigenvalue weighted by Crippen LogP contribution is -2.21. The number of aliphatic carboxylic acids is 1. The summed E-state index contributed by atoms with van der Waals surface area (Å²) in [7, 11) is 0. The molecule has 0 aliphatic heterocycles. The van der Waals surface area contributed by atoms with Crippen molar-refractivity contribution in [3.63, 3.8) is 0 Å². The second kappa shape index (κ2) is 8.13. The van der Waals surface area contributed by atoms with Crippen molar-refractivity contribution in [1.82, 2.24) is 0 Å². The predicted octanol–water partition coefficient (Wildman–Crippen LogP) is 3.84. The van der Waals surface area contributed by atoms with E-state index in [2.05, 4.69) is 12.2 Å². The second-order valence-electron chi connectivity index (χ2n) is 5.51. The van der Waals surface area contributed by atoms with Gasteiger partial charge >= 0.3 is 5.97 Å². The largest absolute Gasteiger partial charge is 0.481 e. The van der Waals surface area contributed by atoms with Crippen LogP contribution in [-0.2, 0) is 16.0 Å². The van der Waals surface area contributed by atoms with Gasteiger partial charge in [-0.15, -0.1) is 0 Å². The van der Waals surface area contributed by atoms with Gasteiger partial charge in [0.2, 0.25) is 5.91 Å². The van der Waals surface area contributed by atoms with Gasteiger partial charge in [-0.3, -0.25) is 9.59 Å². The number of carbonyl (C=O) groups excluding carboxylic acids is 1. The fraction of sp³-hybridized carbons (Fsp3) is 0.263. The Morgan fingerprint density at radius 1 is 1.09 bits per heavy atom. The maximum absolute atomic E-state index is 12.6. The van der Waals surface area contributed by atoms with Crippen LogP contribution < -0.4 is 5.32 Å². The molecule has 1 unspecified atom stereocenters. The fourth-order valence-electron chi connectivity index (χ4n) is 2.59. The Hall–Kier alpha value is -2.62. The Labute approximate surface area is 136 Å². The topological polar surface area (TPSA) is 66.4 Å². The van der Waals surface area contributed by atoms with E-state index in [1.807, 2.05) is 30.3 Å². The van der Waals surface area contributed by atoms with Gasteiger partial charge in [-0.25, -0.2) is 0 Å². The summed E-state index contributed by atoms with van der Waals surface area (Å²) >= 11 is 0. The van der Waals surface area contributed by atoms with E-state index in [-0.39, 0.29) is 18.2 Å². The number of carbonyl (C=O) groups is 2. The highest BCUT2D eigenvalue weighted by molar-refractivity contribution is 5.96. The lowest BCUT2D eigenvalue weighted by atomic mass is 9.93. The summed E-state index contributed by atoms with van der Waals surface area (Å²) in [5.41, 5.74) is 2.29. The highest BCUT2D eigenvalue weighted by Gasteiger charge is 2.19. The van der Waals surface area contributed by atoms with E-state index < -0.39 is 5.97 Å². The number of carboxylic acid groups (broad SMARTS) is 1. The molecule has 0 fully saturated rings. The predicted molar refractivity (Wildman–Crippen MR) is 90.5 cm³/mol. The lowest BCUT2D eigenvalue weighted by molar-refractivity contribution is -0.136. The Bertz CT molecular complexity index is 667. The molecule has 2 aromatic rings. The number of carboxylic acids is 1. The molecule has 1 atom stereocenters. The average Bonchev–Trinajstić information content (AvgIpc) is 2.53. The van der Waals surface area contributed by atoms with Gasteiger partial charge in [-0.1, -0.05) is 55.8 Å². The third-order valence-corrected chi connectivity index (χ3v) is 3.65. The summed E-state index contributed by atoms with van der Waals surface area (Å²) in [5, 5.41) is 11.8. The molecule has 0 radical (unpaired) electrons. The van der Waals surface area contributed by atoms with Crippen LogP contribution in [0, 0.1) is 0 Å². The zero-order chi connectivity index (χ0) is 16.7. The van der Waals surface area contributed by atoms with Crippen molar-refractivity contribution < 1.29 is 14.7 Å². The summed E-state index contributed by atoms with van der Waals surface area (Å²) in [6.45, 7) is 2.05. The molecule has 0 spiro atoms. The second-order valence-corrected chi connectivity index (χ2v) is 5.51. The van der Waals surface area contributed by atoms with Gasteiger partial charge in [0.1, 0.15) is 0 Å². The molecule has 0 saturated heterocycles. The number of rotatable bonds is 7. The Kier molecular flexibility index (Phi) is 5.92. The first kappa shape index (κ1) is 16.7. The van der Waals surface area contributed by atoms with Gasteiger partial charge in [0.05, 0.1) is 12.3 Å². The van der Waals surface area contributed by atoms with Crippen molar-refractivity contribution in [1.29, 1.82) is 0 Å². The summed E-state index contributed by atoms with van der Waals surface area (Å²) in [4.78, 5) is 23.4. The normalized spacial score (nSPS) is 11.7. The number of benzene rings is 2. The van der Waals surface area contributed by atoms with Crippen LogP contribution in [-0.4, -0.2) is 17.0 Å². The highest BCUT2D eigenvalue weighted by atomic mass is 16.4. The number of hydrogen-bond acceptors (Lipinski definition) is 2. The van der Waals surface area contributed by atoms with Crippen molar-refractivity contribution >= 4 is 17.6 Å². The summed E-state index contributed by atoms with van der Waals surface area (Å²) in [6, 6.07) is 16.7. The van der Waals surface area contributed by atoms with E-state index in [1.165, 1.54) is 0 Å². The molecule has 2 N–H and O–H groups in total. The van der Waals surface area contributed by atoms with Crippen LogP contribution in [0.3, 0.4) is 0 Å². The maximum Gasteiger partial charge on any atom is 0.307 e.